The average Bonchev–Trinajstić information content (AvgIpc) is 2.78. The summed E-state index contributed by atoms with van der Waals surface area (Å²) in [6.45, 7) is -0.774. The monoisotopic (exact) mass is 480 g/mol. The van der Waals surface area contributed by atoms with Crippen LogP contribution in [0.3, 0.4) is 0 Å². The molecule has 1 aromatic heterocycles. The lowest BCUT2D eigenvalue weighted by atomic mass is 9.99. The molecule has 0 aliphatic carbocycles. The molecule has 0 amide bonds. The molecule has 182 valence electrons. The highest BCUT2D eigenvalue weighted by molar-refractivity contribution is 5.88. The van der Waals surface area contributed by atoms with Crippen LogP contribution in [0.15, 0.2) is 33.5 Å². The van der Waals surface area contributed by atoms with Crippen molar-refractivity contribution in [1.29, 1.82) is 0 Å². The van der Waals surface area contributed by atoms with Gasteiger partial charge in [0.15, 0.2) is 23.0 Å². The van der Waals surface area contributed by atoms with Gasteiger partial charge in [0.2, 0.25) is 17.5 Å². The van der Waals surface area contributed by atoms with E-state index in [1.165, 1.54) is 0 Å². The summed E-state index contributed by atoms with van der Waals surface area (Å²) in [7, 11) is 0. The summed E-state index contributed by atoms with van der Waals surface area (Å²) in [5.41, 5.74) is -1.59. The predicted octanol–water partition coefficient (Wildman–Crippen LogP) is -0.833. The summed E-state index contributed by atoms with van der Waals surface area (Å²) in [5.74, 6) is -4.83. The molecule has 0 bridgehead atoms. The molecule has 3 aromatic rings. The molecule has 5 atom stereocenters. The predicted molar refractivity (Wildman–Crippen MR) is 111 cm³/mol. The maximum Gasteiger partial charge on any atom is 0.239 e. The molecule has 1 aliphatic heterocycles. The Kier molecular flexibility index (Phi) is 5.89. The summed E-state index contributed by atoms with van der Waals surface area (Å²) >= 11 is 0. The first-order chi connectivity index (χ1) is 16.0. The molecule has 1 fully saturated rings. The summed E-state index contributed by atoms with van der Waals surface area (Å²) in [5, 5.41) is 88.6. The van der Waals surface area contributed by atoms with E-state index >= 15 is 0 Å². The number of fused-ring (bicyclic) bond motifs is 1. The molecule has 0 radical (unpaired) electrons. The van der Waals surface area contributed by atoms with E-state index in [4.69, 9.17) is 13.9 Å². The van der Waals surface area contributed by atoms with E-state index in [0.717, 1.165) is 24.3 Å². The van der Waals surface area contributed by atoms with Crippen molar-refractivity contribution in [3.63, 3.8) is 0 Å². The molecule has 13 heteroatoms. The van der Waals surface area contributed by atoms with Crippen molar-refractivity contribution in [1.82, 2.24) is 0 Å². The Morgan fingerprint density at radius 2 is 1.50 bits per heavy atom. The zero-order valence-corrected chi connectivity index (χ0v) is 17.1. The number of benzene rings is 2. The Labute approximate surface area is 189 Å². The topological polar surface area (TPSA) is 231 Å². The zero-order valence-electron chi connectivity index (χ0n) is 17.1. The van der Waals surface area contributed by atoms with E-state index in [-0.39, 0.29) is 11.1 Å². The first-order valence-corrected chi connectivity index (χ1v) is 9.78. The van der Waals surface area contributed by atoms with E-state index in [1.54, 1.807) is 0 Å². The SMILES string of the molecule is O=c1c(O[C@@H]2O[C@H](CO)[C@@H](O)[C@@H](O)[C@H]2O)c(-c2cc(O)c(O)c(O)c2)oc2cc(O)cc(O)c12. The molecule has 2 aromatic carbocycles. The quantitative estimate of drug-likeness (QED) is 0.208. The van der Waals surface area contributed by atoms with Gasteiger partial charge in [-0.3, -0.25) is 4.79 Å². The van der Waals surface area contributed by atoms with E-state index in [1.807, 2.05) is 0 Å². The molecule has 1 saturated heterocycles. The van der Waals surface area contributed by atoms with Gasteiger partial charge in [0.1, 0.15) is 46.9 Å². The number of aliphatic hydroxyl groups excluding tert-OH is 4. The molecular weight excluding hydrogens is 460 g/mol. The average molecular weight is 480 g/mol. The Morgan fingerprint density at radius 3 is 2.12 bits per heavy atom. The van der Waals surface area contributed by atoms with Gasteiger partial charge in [-0.15, -0.1) is 0 Å². The van der Waals surface area contributed by atoms with Gasteiger partial charge in [-0.1, -0.05) is 0 Å². The molecule has 34 heavy (non-hydrogen) atoms. The highest BCUT2D eigenvalue weighted by atomic mass is 16.7. The summed E-state index contributed by atoms with van der Waals surface area (Å²) < 4.78 is 16.3. The van der Waals surface area contributed by atoms with E-state index in [2.05, 4.69) is 0 Å². The number of ether oxygens (including phenoxy) is 2. The van der Waals surface area contributed by atoms with E-state index < -0.39 is 88.4 Å². The third kappa shape index (κ3) is 3.81. The van der Waals surface area contributed by atoms with Gasteiger partial charge in [0, 0.05) is 17.7 Å². The van der Waals surface area contributed by atoms with Crippen LogP contribution in [0, 0.1) is 0 Å². The maximum atomic E-state index is 13.3. The molecule has 1 aliphatic rings. The zero-order chi connectivity index (χ0) is 24.9. The molecule has 0 spiro atoms. The van der Waals surface area contributed by atoms with Gasteiger partial charge in [0.25, 0.3) is 0 Å². The van der Waals surface area contributed by atoms with Gasteiger partial charge in [-0.25, -0.2) is 0 Å². The van der Waals surface area contributed by atoms with Crippen LogP contribution in [0.4, 0.5) is 0 Å². The standard InChI is InChI=1S/C21H20O13/c22-5-12-15(28)17(30)18(31)21(33-12)34-20-16(29)13-8(24)3-7(23)4-11(13)32-19(20)6-1-9(25)14(27)10(26)2-6/h1-4,12,15,17-18,21-28,30-31H,5H2/t12-,15-,17-,18-,21+/m1/s1. The Morgan fingerprint density at radius 1 is 0.853 bits per heavy atom. The molecule has 4 rings (SSSR count). The van der Waals surface area contributed by atoms with Crippen molar-refractivity contribution < 1.29 is 59.8 Å². The van der Waals surface area contributed by atoms with Crippen LogP contribution in [-0.2, 0) is 4.74 Å². The summed E-state index contributed by atoms with van der Waals surface area (Å²) in [6.07, 6.45) is -8.64. The third-order valence-electron chi connectivity index (χ3n) is 5.33. The van der Waals surface area contributed by atoms with Crippen LogP contribution >= 0.6 is 0 Å². The lowest BCUT2D eigenvalue weighted by Gasteiger charge is -2.39. The van der Waals surface area contributed by atoms with Crippen LogP contribution in [-0.4, -0.2) is 83.3 Å². The van der Waals surface area contributed by atoms with Gasteiger partial charge < -0.3 is 59.8 Å². The Hall–Kier alpha value is -3.75. The summed E-state index contributed by atoms with van der Waals surface area (Å²) in [4.78, 5) is 13.3. The van der Waals surface area contributed by atoms with Crippen LogP contribution in [0.25, 0.3) is 22.3 Å². The molecule has 2 heterocycles. The second-order valence-corrected chi connectivity index (χ2v) is 7.61. The van der Waals surface area contributed by atoms with Crippen molar-refractivity contribution in [3.05, 3.63) is 34.5 Å². The van der Waals surface area contributed by atoms with Crippen LogP contribution in [0.1, 0.15) is 0 Å². The lowest BCUT2D eigenvalue weighted by Crippen LogP contribution is -2.60. The number of aromatic hydroxyl groups is 5. The van der Waals surface area contributed by atoms with Gasteiger partial charge in [-0.2, -0.15) is 0 Å². The van der Waals surface area contributed by atoms with Crippen LogP contribution in [0.5, 0.6) is 34.5 Å². The van der Waals surface area contributed by atoms with Crippen molar-refractivity contribution in [2.75, 3.05) is 6.61 Å². The first-order valence-electron chi connectivity index (χ1n) is 9.78. The molecule has 0 unspecified atom stereocenters. The number of aliphatic hydroxyl groups is 4. The minimum Gasteiger partial charge on any atom is -0.508 e. The first kappa shape index (κ1) is 23.4. The van der Waals surface area contributed by atoms with Crippen molar-refractivity contribution in [3.8, 4) is 45.8 Å². The van der Waals surface area contributed by atoms with Gasteiger partial charge >= 0.3 is 0 Å². The van der Waals surface area contributed by atoms with Crippen LogP contribution < -0.4 is 10.2 Å². The second-order valence-electron chi connectivity index (χ2n) is 7.61. The third-order valence-corrected chi connectivity index (χ3v) is 5.33. The Bertz CT molecular complexity index is 1280. The summed E-state index contributed by atoms with van der Waals surface area (Å²) in [6, 6.07) is 3.66. The number of phenols is 5. The number of hydrogen-bond acceptors (Lipinski definition) is 13. The highest BCUT2D eigenvalue weighted by Gasteiger charge is 2.45. The van der Waals surface area contributed by atoms with Crippen molar-refractivity contribution in [2.45, 2.75) is 30.7 Å². The highest BCUT2D eigenvalue weighted by Crippen LogP contribution is 2.43. The van der Waals surface area contributed by atoms with Crippen LogP contribution in [0.2, 0.25) is 0 Å². The Balaban J connectivity index is 1.94. The fraction of sp³-hybridized carbons (Fsp3) is 0.286. The fourth-order valence-corrected chi connectivity index (χ4v) is 3.58. The largest absolute Gasteiger partial charge is 0.508 e. The minimum absolute atomic E-state index is 0.214. The van der Waals surface area contributed by atoms with Crippen molar-refractivity contribution in [2.24, 2.45) is 0 Å². The number of phenolic OH excluding ortho intramolecular Hbond substituents is 5. The number of rotatable bonds is 4. The van der Waals surface area contributed by atoms with Crippen molar-refractivity contribution >= 4 is 11.0 Å². The second kappa shape index (κ2) is 8.55. The maximum absolute atomic E-state index is 13.3. The molecular formula is C21H20O13. The van der Waals surface area contributed by atoms with E-state index in [9.17, 15) is 50.8 Å². The smallest absolute Gasteiger partial charge is 0.239 e. The minimum atomic E-state index is -1.91. The fourth-order valence-electron chi connectivity index (χ4n) is 3.58. The normalized spacial score (nSPS) is 24.9. The molecule has 9 N–H and O–H groups in total. The van der Waals surface area contributed by atoms with E-state index in [0.29, 0.717) is 0 Å². The molecule has 0 saturated carbocycles. The lowest BCUT2D eigenvalue weighted by molar-refractivity contribution is -0.277. The van der Waals surface area contributed by atoms with Gasteiger partial charge in [0.05, 0.1) is 6.61 Å². The number of hydrogen-bond donors (Lipinski definition) is 9. The molecule has 13 nitrogen and oxygen atoms in total. The van der Waals surface area contributed by atoms with Gasteiger partial charge in [-0.05, 0) is 12.1 Å².